The van der Waals surface area contributed by atoms with E-state index in [1.54, 1.807) is 23.6 Å². The van der Waals surface area contributed by atoms with Gasteiger partial charge in [0.15, 0.2) is 0 Å². The lowest BCUT2D eigenvalue weighted by atomic mass is 10.2. The van der Waals surface area contributed by atoms with Crippen LogP contribution in [0.5, 0.6) is 5.75 Å². The van der Waals surface area contributed by atoms with Gasteiger partial charge in [0.25, 0.3) is 0 Å². The highest BCUT2D eigenvalue weighted by Crippen LogP contribution is 2.35. The summed E-state index contributed by atoms with van der Waals surface area (Å²) in [5.41, 5.74) is 0.928. The smallest absolute Gasteiger partial charge is 0.416 e. The lowest BCUT2D eigenvalue weighted by molar-refractivity contribution is -0.137. The van der Waals surface area contributed by atoms with Crippen molar-refractivity contribution in [1.82, 2.24) is 19.9 Å². The van der Waals surface area contributed by atoms with Gasteiger partial charge in [-0.1, -0.05) is 0 Å². The number of aryl methyl sites for hydroxylation is 1. The standard InChI is InChI=1S/C22H24F3N5O2S/c1-14-19(4-6-30-7-9-32-10-8-30)33-20(27-14)18-3-5-26-21(29-18)28-16-11-15(22(23,24)25)12-17(13-16)31-2/h3,5,11-13H,4,6-10H2,1-2H3,(H,26,28,29). The first-order valence-electron chi connectivity index (χ1n) is 10.4. The molecule has 1 aliphatic heterocycles. The summed E-state index contributed by atoms with van der Waals surface area (Å²) < 4.78 is 50.0. The Kier molecular flexibility index (Phi) is 7.11. The highest BCUT2D eigenvalue weighted by atomic mass is 32.1. The predicted molar refractivity (Wildman–Crippen MR) is 120 cm³/mol. The molecule has 0 unspecified atom stereocenters. The number of alkyl halides is 3. The minimum atomic E-state index is -4.50. The maximum atomic E-state index is 13.2. The number of hydrogen-bond acceptors (Lipinski definition) is 8. The Morgan fingerprint density at radius 2 is 1.97 bits per heavy atom. The molecule has 7 nitrogen and oxygen atoms in total. The van der Waals surface area contributed by atoms with Gasteiger partial charge in [0.2, 0.25) is 5.95 Å². The van der Waals surface area contributed by atoms with Crippen LogP contribution in [-0.2, 0) is 17.3 Å². The molecule has 0 spiro atoms. The molecule has 11 heteroatoms. The Balaban J connectivity index is 1.50. The van der Waals surface area contributed by atoms with Gasteiger partial charge in [-0.05, 0) is 31.5 Å². The largest absolute Gasteiger partial charge is 0.497 e. The molecule has 0 atom stereocenters. The summed E-state index contributed by atoms with van der Waals surface area (Å²) in [7, 11) is 1.32. The van der Waals surface area contributed by atoms with E-state index in [-0.39, 0.29) is 17.4 Å². The minimum Gasteiger partial charge on any atom is -0.497 e. The van der Waals surface area contributed by atoms with Crippen molar-refractivity contribution in [2.24, 2.45) is 0 Å². The molecule has 1 aromatic carbocycles. The molecule has 0 saturated carbocycles. The van der Waals surface area contributed by atoms with Crippen LogP contribution in [0.4, 0.5) is 24.8 Å². The average Bonchev–Trinajstić information content (AvgIpc) is 3.18. The molecule has 1 saturated heterocycles. The first kappa shape index (κ1) is 23.4. The number of aromatic nitrogens is 3. The van der Waals surface area contributed by atoms with E-state index < -0.39 is 11.7 Å². The van der Waals surface area contributed by atoms with Gasteiger partial charge in [0.1, 0.15) is 16.5 Å². The lowest BCUT2D eigenvalue weighted by Gasteiger charge is -2.26. The lowest BCUT2D eigenvalue weighted by Crippen LogP contribution is -2.37. The van der Waals surface area contributed by atoms with Crippen molar-refractivity contribution in [2.45, 2.75) is 19.5 Å². The van der Waals surface area contributed by atoms with Gasteiger partial charge in [0, 0.05) is 42.5 Å². The molecule has 3 aromatic rings. The number of thiazole rings is 1. The van der Waals surface area contributed by atoms with Crippen molar-refractivity contribution in [1.29, 1.82) is 0 Å². The van der Waals surface area contributed by atoms with E-state index in [0.29, 0.717) is 5.69 Å². The second-order valence-electron chi connectivity index (χ2n) is 7.57. The van der Waals surface area contributed by atoms with Gasteiger partial charge in [0.05, 0.1) is 31.6 Å². The Labute approximate surface area is 193 Å². The number of nitrogens with one attached hydrogen (secondary N) is 1. The van der Waals surface area contributed by atoms with Crippen LogP contribution >= 0.6 is 11.3 Å². The van der Waals surface area contributed by atoms with E-state index in [4.69, 9.17) is 9.47 Å². The zero-order chi connectivity index (χ0) is 23.4. The van der Waals surface area contributed by atoms with Gasteiger partial charge < -0.3 is 14.8 Å². The number of rotatable bonds is 7. The van der Waals surface area contributed by atoms with Crippen LogP contribution in [0.25, 0.3) is 10.7 Å². The Morgan fingerprint density at radius 3 is 2.70 bits per heavy atom. The summed E-state index contributed by atoms with van der Waals surface area (Å²) in [6.45, 7) is 6.32. The van der Waals surface area contributed by atoms with Gasteiger partial charge in [-0.25, -0.2) is 15.0 Å². The maximum Gasteiger partial charge on any atom is 0.416 e. The fraction of sp³-hybridized carbons (Fsp3) is 0.409. The van der Waals surface area contributed by atoms with Crippen LogP contribution in [-0.4, -0.2) is 59.8 Å². The summed E-state index contributed by atoms with van der Waals surface area (Å²) >= 11 is 1.57. The molecular formula is C22H24F3N5O2S. The van der Waals surface area contributed by atoms with Crippen molar-refractivity contribution < 1.29 is 22.6 Å². The SMILES string of the molecule is COc1cc(Nc2nccc(-c3nc(C)c(CCN4CCOCC4)s3)n2)cc(C(F)(F)F)c1. The molecule has 1 aliphatic rings. The molecule has 1 fully saturated rings. The van der Waals surface area contributed by atoms with Crippen LogP contribution < -0.4 is 10.1 Å². The molecule has 33 heavy (non-hydrogen) atoms. The second kappa shape index (κ2) is 10.0. The normalized spacial score (nSPS) is 14.9. The molecule has 176 valence electrons. The minimum absolute atomic E-state index is 0.0870. The maximum absolute atomic E-state index is 13.2. The fourth-order valence-corrected chi connectivity index (χ4v) is 4.49. The predicted octanol–water partition coefficient (Wildman–Crippen LogP) is 4.55. The molecule has 4 rings (SSSR count). The third-order valence-corrected chi connectivity index (χ3v) is 6.49. The Morgan fingerprint density at radius 1 is 1.18 bits per heavy atom. The van der Waals surface area contributed by atoms with E-state index in [9.17, 15) is 13.2 Å². The number of nitrogens with zero attached hydrogens (tertiary/aromatic N) is 4. The Bertz CT molecular complexity index is 1100. The summed E-state index contributed by atoms with van der Waals surface area (Å²) in [6.07, 6.45) is -2.05. The second-order valence-corrected chi connectivity index (χ2v) is 8.65. The topological polar surface area (TPSA) is 72.4 Å². The summed E-state index contributed by atoms with van der Waals surface area (Å²) in [6, 6.07) is 5.14. The van der Waals surface area contributed by atoms with Crippen LogP contribution in [0.2, 0.25) is 0 Å². The Hall–Kier alpha value is -2.76. The summed E-state index contributed by atoms with van der Waals surface area (Å²) in [5, 5.41) is 3.59. The number of ether oxygens (including phenoxy) is 2. The highest BCUT2D eigenvalue weighted by Gasteiger charge is 2.31. The fourth-order valence-electron chi connectivity index (χ4n) is 3.47. The van der Waals surface area contributed by atoms with Crippen molar-refractivity contribution >= 4 is 23.0 Å². The van der Waals surface area contributed by atoms with Gasteiger partial charge >= 0.3 is 6.18 Å². The van der Waals surface area contributed by atoms with E-state index in [1.807, 2.05) is 6.92 Å². The average molecular weight is 480 g/mol. The number of morpholine rings is 1. The van der Waals surface area contributed by atoms with Crippen LogP contribution in [0.3, 0.4) is 0 Å². The van der Waals surface area contributed by atoms with Crippen molar-refractivity contribution in [2.75, 3.05) is 45.3 Å². The van der Waals surface area contributed by atoms with Crippen molar-refractivity contribution in [3.63, 3.8) is 0 Å². The zero-order valence-corrected chi connectivity index (χ0v) is 19.1. The number of methoxy groups -OCH3 is 1. The molecule has 0 aliphatic carbocycles. The van der Waals surface area contributed by atoms with Crippen LogP contribution in [0, 0.1) is 6.92 Å². The first-order chi connectivity index (χ1) is 15.8. The molecule has 0 bridgehead atoms. The number of hydrogen-bond donors (Lipinski definition) is 1. The van der Waals surface area contributed by atoms with Crippen molar-refractivity contribution in [3.05, 3.63) is 46.6 Å². The number of halogens is 3. The van der Waals surface area contributed by atoms with E-state index in [1.165, 1.54) is 18.1 Å². The summed E-state index contributed by atoms with van der Waals surface area (Å²) in [4.78, 5) is 16.8. The van der Waals surface area contributed by atoms with Crippen LogP contribution in [0.1, 0.15) is 16.1 Å². The van der Waals surface area contributed by atoms with Gasteiger partial charge in [-0.15, -0.1) is 11.3 Å². The van der Waals surface area contributed by atoms with E-state index in [0.717, 1.165) is 62.1 Å². The molecule has 2 aromatic heterocycles. The quantitative estimate of drug-likeness (QED) is 0.533. The third kappa shape index (κ3) is 5.98. The number of benzene rings is 1. The highest BCUT2D eigenvalue weighted by molar-refractivity contribution is 7.15. The third-order valence-electron chi connectivity index (χ3n) is 5.25. The monoisotopic (exact) mass is 479 g/mol. The first-order valence-corrected chi connectivity index (χ1v) is 11.3. The summed E-state index contributed by atoms with van der Waals surface area (Å²) in [5.74, 6) is 0.264. The molecule has 1 N–H and O–H groups in total. The van der Waals surface area contributed by atoms with E-state index >= 15 is 0 Å². The van der Waals surface area contributed by atoms with Gasteiger partial charge in [-0.2, -0.15) is 13.2 Å². The molecular weight excluding hydrogens is 455 g/mol. The van der Waals surface area contributed by atoms with Crippen molar-refractivity contribution in [3.8, 4) is 16.5 Å². The number of anilines is 2. The van der Waals surface area contributed by atoms with E-state index in [2.05, 4.69) is 25.2 Å². The molecule has 0 radical (unpaired) electrons. The molecule has 3 heterocycles. The van der Waals surface area contributed by atoms with Gasteiger partial charge in [-0.3, -0.25) is 4.90 Å². The zero-order valence-electron chi connectivity index (χ0n) is 18.3. The van der Waals surface area contributed by atoms with Crippen LogP contribution in [0.15, 0.2) is 30.5 Å². The molecule has 0 amide bonds.